The number of aryl methyl sites for hydroxylation is 1. The van der Waals surface area contributed by atoms with Crippen molar-refractivity contribution in [1.29, 1.82) is 0 Å². The molecule has 0 radical (unpaired) electrons. The van der Waals surface area contributed by atoms with Crippen molar-refractivity contribution in [2.24, 2.45) is 5.92 Å². The molecule has 1 aliphatic carbocycles. The van der Waals surface area contributed by atoms with Crippen molar-refractivity contribution in [3.63, 3.8) is 0 Å². The summed E-state index contributed by atoms with van der Waals surface area (Å²) < 4.78 is 0. The number of nitrogens with two attached hydrogens (primary N) is 1. The molecule has 3 rings (SSSR count). The Morgan fingerprint density at radius 1 is 1.24 bits per heavy atom. The smallest absolute Gasteiger partial charge is 0.223 e. The minimum Gasteiger partial charge on any atom is -0.383 e. The number of fused-ring (bicyclic) bond motifs is 1. The van der Waals surface area contributed by atoms with Crippen LogP contribution in [-0.4, -0.2) is 27.3 Å². The van der Waals surface area contributed by atoms with Gasteiger partial charge in [-0.25, -0.2) is 15.0 Å². The molecule has 2 aromatic heterocycles. The molecule has 1 aliphatic rings. The second-order valence-electron chi connectivity index (χ2n) is 5.67. The van der Waals surface area contributed by atoms with Crippen LogP contribution in [0.25, 0.3) is 10.9 Å². The molecule has 3 N–H and O–H groups in total. The van der Waals surface area contributed by atoms with Gasteiger partial charge in [0, 0.05) is 24.4 Å². The molecule has 0 unspecified atom stereocenters. The van der Waals surface area contributed by atoms with Crippen LogP contribution in [0.5, 0.6) is 0 Å². The summed E-state index contributed by atoms with van der Waals surface area (Å²) in [6.45, 7) is 1.96. The van der Waals surface area contributed by atoms with Crippen molar-refractivity contribution in [3.8, 4) is 0 Å². The molecule has 1 fully saturated rings. The van der Waals surface area contributed by atoms with E-state index >= 15 is 0 Å². The van der Waals surface area contributed by atoms with Gasteiger partial charge in [-0.1, -0.05) is 0 Å². The molecular formula is C15H19N5O. The highest BCUT2D eigenvalue weighted by atomic mass is 16.1. The minimum atomic E-state index is 0.216. The van der Waals surface area contributed by atoms with Crippen molar-refractivity contribution < 1.29 is 4.79 Å². The number of hydrogen-bond acceptors (Lipinski definition) is 6. The van der Waals surface area contributed by atoms with Gasteiger partial charge in [0.15, 0.2) is 0 Å². The predicted molar refractivity (Wildman–Crippen MR) is 81.9 cm³/mol. The molecule has 0 amide bonds. The van der Waals surface area contributed by atoms with E-state index in [0.717, 1.165) is 48.4 Å². The van der Waals surface area contributed by atoms with Crippen molar-refractivity contribution in [3.05, 3.63) is 18.0 Å². The summed E-state index contributed by atoms with van der Waals surface area (Å²) in [5, 5.41) is 4.15. The highest BCUT2D eigenvalue weighted by Crippen LogP contribution is 2.25. The zero-order valence-corrected chi connectivity index (χ0v) is 12.0. The van der Waals surface area contributed by atoms with Crippen molar-refractivity contribution in [1.82, 2.24) is 15.0 Å². The monoisotopic (exact) mass is 285 g/mol. The van der Waals surface area contributed by atoms with Crippen LogP contribution in [0.3, 0.4) is 0 Å². The Bertz CT molecular complexity index is 664. The van der Waals surface area contributed by atoms with E-state index < -0.39 is 0 Å². The molecule has 2 aromatic rings. The fourth-order valence-corrected chi connectivity index (χ4v) is 2.82. The predicted octanol–water partition coefficient (Wildman–Crippen LogP) is 2.09. The zero-order chi connectivity index (χ0) is 14.8. The lowest BCUT2D eigenvalue weighted by Gasteiger charge is -2.26. The lowest BCUT2D eigenvalue weighted by Crippen LogP contribution is -2.27. The molecule has 2 heterocycles. The first-order chi connectivity index (χ1) is 10.2. The van der Waals surface area contributed by atoms with Crippen LogP contribution in [-0.2, 0) is 4.79 Å². The molecule has 21 heavy (non-hydrogen) atoms. The number of hydrogen-bond donors (Lipinski definition) is 2. The summed E-state index contributed by atoms with van der Waals surface area (Å²) in [7, 11) is 0. The molecular weight excluding hydrogens is 266 g/mol. The fourth-order valence-electron chi connectivity index (χ4n) is 2.82. The van der Waals surface area contributed by atoms with E-state index in [0.29, 0.717) is 17.8 Å². The first kappa shape index (κ1) is 13.7. The normalized spacial score (nSPS) is 22.1. The van der Waals surface area contributed by atoms with Crippen LogP contribution in [0.4, 0.5) is 11.8 Å². The fraction of sp³-hybridized carbons (Fsp3) is 0.467. The molecule has 0 aliphatic heterocycles. The van der Waals surface area contributed by atoms with Gasteiger partial charge in [-0.3, -0.25) is 0 Å². The number of carbonyl (C=O) groups excluding carboxylic acids is 1. The second kappa shape index (κ2) is 5.63. The van der Waals surface area contributed by atoms with Gasteiger partial charge in [0.05, 0.1) is 10.9 Å². The first-order valence-electron chi connectivity index (χ1n) is 7.27. The minimum absolute atomic E-state index is 0.216. The molecule has 110 valence electrons. The summed E-state index contributed by atoms with van der Waals surface area (Å²) in [6, 6.07) is 0.332. The van der Waals surface area contributed by atoms with E-state index in [-0.39, 0.29) is 5.92 Å². The Morgan fingerprint density at radius 2 is 2.00 bits per heavy atom. The van der Waals surface area contributed by atoms with E-state index in [1.165, 1.54) is 0 Å². The molecule has 0 saturated heterocycles. The van der Waals surface area contributed by atoms with Crippen LogP contribution < -0.4 is 11.1 Å². The molecule has 0 aromatic carbocycles. The summed E-state index contributed by atoms with van der Waals surface area (Å²) >= 11 is 0. The van der Waals surface area contributed by atoms with Crippen LogP contribution in [0.1, 0.15) is 31.2 Å². The molecule has 1 saturated carbocycles. The third-order valence-corrected chi connectivity index (χ3v) is 4.13. The van der Waals surface area contributed by atoms with Gasteiger partial charge >= 0.3 is 0 Å². The number of nitrogens with zero attached hydrogens (tertiary/aromatic N) is 3. The molecule has 0 bridgehead atoms. The van der Waals surface area contributed by atoms with Gasteiger partial charge in [0.25, 0.3) is 0 Å². The topological polar surface area (TPSA) is 93.8 Å². The first-order valence-corrected chi connectivity index (χ1v) is 7.27. The molecule has 0 atom stereocenters. The average Bonchev–Trinajstić information content (AvgIpc) is 2.52. The van der Waals surface area contributed by atoms with Gasteiger partial charge in [-0.2, -0.15) is 0 Å². The van der Waals surface area contributed by atoms with Gasteiger partial charge in [-0.05, 0) is 38.2 Å². The average molecular weight is 285 g/mol. The van der Waals surface area contributed by atoms with E-state index in [9.17, 15) is 4.79 Å². The van der Waals surface area contributed by atoms with Gasteiger partial charge < -0.3 is 15.8 Å². The Balaban J connectivity index is 1.79. The lowest BCUT2D eigenvalue weighted by atomic mass is 9.87. The summed E-state index contributed by atoms with van der Waals surface area (Å²) in [6.07, 6.45) is 8.34. The van der Waals surface area contributed by atoms with E-state index in [1.54, 1.807) is 12.4 Å². The number of nitrogen functional groups attached to an aromatic ring is 1. The highest BCUT2D eigenvalue weighted by Gasteiger charge is 2.21. The molecule has 0 spiro atoms. The number of aldehydes is 1. The Kier molecular flexibility index (Phi) is 3.68. The van der Waals surface area contributed by atoms with Crippen LogP contribution in [0, 0.1) is 12.8 Å². The maximum absolute atomic E-state index is 10.8. The van der Waals surface area contributed by atoms with Gasteiger partial charge in [-0.15, -0.1) is 0 Å². The standard InChI is InChI=1S/C15H19N5O/c1-9-6-17-14(16)12-7-18-15(20-13(9)12)19-11-4-2-10(8-21)3-5-11/h6-8,10-11H,2-5H2,1H3,(H2,16,17)(H,18,19,20). The number of rotatable bonds is 3. The number of nitrogens with one attached hydrogen (secondary N) is 1. The third-order valence-electron chi connectivity index (χ3n) is 4.13. The maximum Gasteiger partial charge on any atom is 0.223 e. The quantitative estimate of drug-likeness (QED) is 0.839. The van der Waals surface area contributed by atoms with E-state index in [2.05, 4.69) is 20.3 Å². The summed E-state index contributed by atoms with van der Waals surface area (Å²) in [5.74, 6) is 1.29. The van der Waals surface area contributed by atoms with Gasteiger partial charge in [0.1, 0.15) is 12.1 Å². The van der Waals surface area contributed by atoms with E-state index in [1.807, 2.05) is 6.92 Å². The van der Waals surface area contributed by atoms with Crippen LogP contribution in [0.2, 0.25) is 0 Å². The Hall–Kier alpha value is -2.24. The van der Waals surface area contributed by atoms with Crippen molar-refractivity contribution in [2.45, 2.75) is 38.6 Å². The van der Waals surface area contributed by atoms with Crippen LogP contribution >= 0.6 is 0 Å². The number of pyridine rings is 1. The summed E-state index contributed by atoms with van der Waals surface area (Å²) in [5.41, 5.74) is 7.66. The van der Waals surface area contributed by atoms with Gasteiger partial charge in [0.2, 0.25) is 5.95 Å². The zero-order valence-electron chi connectivity index (χ0n) is 12.0. The number of anilines is 2. The summed E-state index contributed by atoms with van der Waals surface area (Å²) in [4.78, 5) is 23.8. The largest absolute Gasteiger partial charge is 0.383 e. The number of aromatic nitrogens is 3. The van der Waals surface area contributed by atoms with E-state index in [4.69, 9.17) is 5.73 Å². The lowest BCUT2D eigenvalue weighted by molar-refractivity contribution is -0.111. The SMILES string of the molecule is Cc1cnc(N)c2cnc(NC3CCC(C=O)CC3)nc12. The number of carbonyl (C=O) groups is 1. The second-order valence-corrected chi connectivity index (χ2v) is 5.67. The maximum atomic E-state index is 10.8. The third kappa shape index (κ3) is 2.79. The van der Waals surface area contributed by atoms with Crippen molar-refractivity contribution in [2.75, 3.05) is 11.1 Å². The Labute approximate surface area is 123 Å². The molecule has 6 heteroatoms. The highest BCUT2D eigenvalue weighted by molar-refractivity contribution is 5.89. The molecule has 6 nitrogen and oxygen atoms in total. The van der Waals surface area contributed by atoms with Crippen LogP contribution in [0.15, 0.2) is 12.4 Å². The van der Waals surface area contributed by atoms with Crippen molar-refractivity contribution >= 4 is 29.0 Å². The Morgan fingerprint density at radius 3 is 2.71 bits per heavy atom.